The van der Waals surface area contributed by atoms with Gasteiger partial charge >= 0.3 is 0 Å². The Balaban J connectivity index is 1.71. The fraction of sp³-hybridized carbons (Fsp3) is 0.824. The minimum absolute atomic E-state index is 0.140. The number of ketones is 1. The molecule has 3 unspecified atom stereocenters. The summed E-state index contributed by atoms with van der Waals surface area (Å²) in [4.78, 5) is 16.8. The molecule has 21 heavy (non-hydrogen) atoms. The largest absolute Gasteiger partial charge is 0.339 e. The molecule has 2 fully saturated rings. The highest BCUT2D eigenvalue weighted by Crippen LogP contribution is 2.37. The smallest absolute Gasteiger partial charge is 0.237 e. The lowest BCUT2D eigenvalue weighted by Crippen LogP contribution is -2.15. The van der Waals surface area contributed by atoms with Gasteiger partial charge in [0.05, 0.1) is 5.92 Å². The number of carbonyl (C=O) groups excluding carboxylic acids is 1. The number of nitrogens with zero attached hydrogens (tertiary/aromatic N) is 2. The van der Waals surface area contributed by atoms with E-state index in [-0.39, 0.29) is 11.7 Å². The quantitative estimate of drug-likeness (QED) is 0.776. The average Bonchev–Trinajstić information content (AvgIpc) is 2.90. The monoisotopic (exact) mass is 290 g/mol. The maximum atomic E-state index is 12.2. The van der Waals surface area contributed by atoms with Crippen molar-refractivity contribution in [2.75, 3.05) is 0 Å². The summed E-state index contributed by atoms with van der Waals surface area (Å²) in [5.41, 5.74) is 0. The highest BCUT2D eigenvalue weighted by molar-refractivity contribution is 5.84. The molecule has 0 aromatic carbocycles. The minimum atomic E-state index is -0.140. The van der Waals surface area contributed by atoms with Crippen LogP contribution in [0.5, 0.6) is 0 Å². The summed E-state index contributed by atoms with van der Waals surface area (Å²) < 4.78 is 5.47. The van der Waals surface area contributed by atoms with Crippen LogP contribution < -0.4 is 0 Å². The summed E-state index contributed by atoms with van der Waals surface area (Å²) in [5.74, 6) is 2.81. The summed E-state index contributed by atoms with van der Waals surface area (Å²) >= 11 is 0. The third-order valence-electron chi connectivity index (χ3n) is 5.29. The maximum absolute atomic E-state index is 12.2. The summed E-state index contributed by atoms with van der Waals surface area (Å²) in [6, 6.07) is 0. The molecule has 4 nitrogen and oxygen atoms in total. The Hall–Kier alpha value is -1.19. The fourth-order valence-electron chi connectivity index (χ4n) is 3.87. The highest BCUT2D eigenvalue weighted by Gasteiger charge is 2.30. The molecule has 0 radical (unpaired) electrons. The molecule has 1 heterocycles. The molecule has 0 saturated heterocycles. The van der Waals surface area contributed by atoms with Gasteiger partial charge in [-0.3, -0.25) is 4.79 Å². The van der Waals surface area contributed by atoms with E-state index in [4.69, 9.17) is 4.52 Å². The van der Waals surface area contributed by atoms with Crippen molar-refractivity contribution in [3.63, 3.8) is 0 Å². The van der Waals surface area contributed by atoms with Crippen LogP contribution in [0.3, 0.4) is 0 Å². The van der Waals surface area contributed by atoms with Gasteiger partial charge in [0.2, 0.25) is 5.89 Å². The Bertz CT molecular complexity index is 483. The molecule has 0 spiro atoms. The van der Waals surface area contributed by atoms with Gasteiger partial charge in [-0.25, -0.2) is 0 Å². The van der Waals surface area contributed by atoms with Crippen molar-refractivity contribution >= 4 is 5.78 Å². The number of aromatic nitrogens is 2. The van der Waals surface area contributed by atoms with Crippen LogP contribution in [0.25, 0.3) is 0 Å². The van der Waals surface area contributed by atoms with Crippen LogP contribution in [0.4, 0.5) is 0 Å². The van der Waals surface area contributed by atoms with Gasteiger partial charge in [0.15, 0.2) is 5.82 Å². The van der Waals surface area contributed by atoms with Crippen molar-refractivity contribution in [3.8, 4) is 0 Å². The Morgan fingerprint density at radius 2 is 2.05 bits per heavy atom. The molecular weight excluding hydrogens is 264 g/mol. The molecule has 0 amide bonds. The molecule has 1 aromatic heterocycles. The lowest BCUT2D eigenvalue weighted by Gasteiger charge is -2.26. The van der Waals surface area contributed by atoms with Crippen LogP contribution in [0, 0.1) is 5.92 Å². The first-order valence-electron chi connectivity index (χ1n) is 8.64. The van der Waals surface area contributed by atoms with E-state index in [9.17, 15) is 4.79 Å². The predicted molar refractivity (Wildman–Crippen MR) is 80.1 cm³/mol. The lowest BCUT2D eigenvalue weighted by molar-refractivity contribution is -0.120. The van der Waals surface area contributed by atoms with Crippen molar-refractivity contribution in [1.29, 1.82) is 0 Å². The summed E-state index contributed by atoms with van der Waals surface area (Å²) in [6.45, 7) is 2.26. The van der Waals surface area contributed by atoms with Gasteiger partial charge in [0.25, 0.3) is 0 Å². The predicted octanol–water partition coefficient (Wildman–Crippen LogP) is 4.37. The van der Waals surface area contributed by atoms with E-state index >= 15 is 0 Å². The number of hydrogen-bond donors (Lipinski definition) is 0. The van der Waals surface area contributed by atoms with Gasteiger partial charge in [0, 0.05) is 12.3 Å². The Labute approximate surface area is 126 Å². The van der Waals surface area contributed by atoms with Gasteiger partial charge in [0.1, 0.15) is 5.78 Å². The van der Waals surface area contributed by atoms with E-state index in [2.05, 4.69) is 17.1 Å². The van der Waals surface area contributed by atoms with Gasteiger partial charge in [-0.05, 0) is 31.6 Å². The van der Waals surface area contributed by atoms with Crippen LogP contribution in [-0.4, -0.2) is 15.9 Å². The zero-order valence-electron chi connectivity index (χ0n) is 13.0. The average molecular weight is 290 g/mol. The summed E-state index contributed by atoms with van der Waals surface area (Å²) in [6.07, 6.45) is 11.0. The first-order chi connectivity index (χ1) is 10.3. The van der Waals surface area contributed by atoms with Crippen molar-refractivity contribution in [1.82, 2.24) is 10.1 Å². The first kappa shape index (κ1) is 14.7. The zero-order chi connectivity index (χ0) is 14.7. The van der Waals surface area contributed by atoms with E-state index in [1.165, 1.54) is 25.7 Å². The van der Waals surface area contributed by atoms with E-state index in [1.807, 2.05) is 0 Å². The third kappa shape index (κ3) is 3.35. The van der Waals surface area contributed by atoms with Crippen molar-refractivity contribution < 1.29 is 9.32 Å². The molecule has 1 aromatic rings. The van der Waals surface area contributed by atoms with E-state index in [1.54, 1.807) is 0 Å². The molecule has 2 aliphatic carbocycles. The van der Waals surface area contributed by atoms with Crippen molar-refractivity contribution in [2.24, 2.45) is 5.92 Å². The minimum Gasteiger partial charge on any atom is -0.339 e. The molecule has 0 bridgehead atoms. The van der Waals surface area contributed by atoms with E-state index < -0.39 is 0 Å². The van der Waals surface area contributed by atoms with Gasteiger partial charge in [-0.2, -0.15) is 4.98 Å². The lowest BCUT2D eigenvalue weighted by atomic mass is 9.80. The molecule has 4 heteroatoms. The molecule has 116 valence electrons. The maximum Gasteiger partial charge on any atom is 0.237 e. The molecule has 0 aliphatic heterocycles. The van der Waals surface area contributed by atoms with Gasteiger partial charge in [-0.1, -0.05) is 44.2 Å². The SMILES string of the molecule is CCC1CCCC(c2noc(C3CCCCCC3=O)n2)C1. The number of carbonyl (C=O) groups is 1. The van der Waals surface area contributed by atoms with Crippen LogP contribution in [0.15, 0.2) is 4.52 Å². The number of Topliss-reactive ketones (excluding diaryl/α,β-unsaturated/α-hetero) is 1. The Morgan fingerprint density at radius 3 is 2.90 bits per heavy atom. The highest BCUT2D eigenvalue weighted by atomic mass is 16.5. The standard InChI is InChI=1S/C17H26N2O2/c1-2-12-7-6-8-13(11-12)16-18-17(21-19-16)14-9-4-3-5-10-15(14)20/h12-14H,2-11H2,1H3. The zero-order valence-corrected chi connectivity index (χ0v) is 13.0. The van der Waals surface area contributed by atoms with Crippen LogP contribution in [-0.2, 0) is 4.79 Å². The van der Waals surface area contributed by atoms with Crippen LogP contribution >= 0.6 is 0 Å². The van der Waals surface area contributed by atoms with E-state index in [0.29, 0.717) is 18.2 Å². The molecular formula is C17H26N2O2. The number of rotatable bonds is 3. The fourth-order valence-corrected chi connectivity index (χ4v) is 3.87. The normalized spacial score (nSPS) is 31.1. The van der Waals surface area contributed by atoms with Gasteiger partial charge < -0.3 is 4.52 Å². The molecule has 2 aliphatic rings. The van der Waals surface area contributed by atoms with Crippen molar-refractivity contribution in [3.05, 3.63) is 11.7 Å². The second-order valence-corrected chi connectivity index (χ2v) is 6.75. The van der Waals surface area contributed by atoms with Gasteiger partial charge in [-0.15, -0.1) is 0 Å². The topological polar surface area (TPSA) is 56.0 Å². The molecule has 3 rings (SSSR count). The molecule has 0 N–H and O–H groups in total. The summed E-state index contributed by atoms with van der Waals surface area (Å²) in [5, 5.41) is 4.21. The van der Waals surface area contributed by atoms with Crippen LogP contribution in [0.2, 0.25) is 0 Å². The third-order valence-corrected chi connectivity index (χ3v) is 5.29. The van der Waals surface area contributed by atoms with E-state index in [0.717, 1.165) is 43.8 Å². The molecule has 2 saturated carbocycles. The molecule has 3 atom stereocenters. The first-order valence-corrected chi connectivity index (χ1v) is 8.64. The van der Waals surface area contributed by atoms with Crippen LogP contribution in [0.1, 0.15) is 94.7 Å². The second-order valence-electron chi connectivity index (χ2n) is 6.75. The Morgan fingerprint density at radius 1 is 1.14 bits per heavy atom. The summed E-state index contributed by atoms with van der Waals surface area (Å²) in [7, 11) is 0. The second kappa shape index (κ2) is 6.71. The Kier molecular flexibility index (Phi) is 4.71. The van der Waals surface area contributed by atoms with Crippen molar-refractivity contribution in [2.45, 2.75) is 83.0 Å². The number of hydrogen-bond acceptors (Lipinski definition) is 4.